The third-order valence-corrected chi connectivity index (χ3v) is 3.81. The van der Waals surface area contributed by atoms with Gasteiger partial charge in [0.1, 0.15) is 11.5 Å². The highest BCUT2D eigenvalue weighted by atomic mass is 16.5. The summed E-state index contributed by atoms with van der Waals surface area (Å²) in [5.74, 6) is 1.48. The van der Waals surface area contributed by atoms with E-state index in [1.165, 1.54) is 0 Å². The van der Waals surface area contributed by atoms with Gasteiger partial charge in [0.2, 0.25) is 0 Å². The van der Waals surface area contributed by atoms with Crippen LogP contribution in [0, 0.1) is 0 Å². The molecule has 21 heavy (non-hydrogen) atoms. The van der Waals surface area contributed by atoms with Crippen LogP contribution in [0.4, 0.5) is 0 Å². The molecule has 0 saturated heterocycles. The number of nitrogens with one attached hydrogen (secondary N) is 1. The van der Waals surface area contributed by atoms with Crippen LogP contribution in [-0.4, -0.2) is 41.0 Å². The number of H-pyrrole nitrogens is 1. The number of β-amino-alcohol motifs (C(OH)–C–C–N with tert-alkyl or cyclic N) is 1. The van der Waals surface area contributed by atoms with Crippen molar-refractivity contribution in [2.24, 2.45) is 0 Å². The molecular formula is C15H19N3O3. The molecule has 1 aliphatic rings. The summed E-state index contributed by atoms with van der Waals surface area (Å²) in [6, 6.07) is 5.65. The molecule has 0 fully saturated rings. The average molecular weight is 289 g/mol. The first-order chi connectivity index (χ1) is 10.2. The van der Waals surface area contributed by atoms with Crippen LogP contribution in [0.25, 0.3) is 0 Å². The van der Waals surface area contributed by atoms with Gasteiger partial charge in [0.05, 0.1) is 20.3 Å². The van der Waals surface area contributed by atoms with Crippen molar-refractivity contribution in [3.8, 4) is 11.5 Å². The molecule has 2 heterocycles. The van der Waals surface area contributed by atoms with Gasteiger partial charge in [-0.3, -0.25) is 10.00 Å². The molecule has 2 aromatic rings. The Hall–Kier alpha value is -2.05. The maximum absolute atomic E-state index is 10.5. The predicted octanol–water partition coefficient (Wildman–Crippen LogP) is 1.48. The third-order valence-electron chi connectivity index (χ3n) is 3.81. The van der Waals surface area contributed by atoms with Crippen LogP contribution in [0.3, 0.4) is 0 Å². The molecule has 1 aromatic carbocycles. The van der Waals surface area contributed by atoms with Gasteiger partial charge in [-0.2, -0.15) is 5.10 Å². The molecule has 1 atom stereocenters. The van der Waals surface area contributed by atoms with Crippen molar-refractivity contribution in [3.05, 3.63) is 41.2 Å². The quantitative estimate of drug-likeness (QED) is 0.892. The van der Waals surface area contributed by atoms with Crippen molar-refractivity contribution in [3.63, 3.8) is 0 Å². The first kappa shape index (κ1) is 13.9. The largest absolute Gasteiger partial charge is 0.496 e. The molecule has 112 valence electrons. The van der Waals surface area contributed by atoms with Gasteiger partial charge in [-0.15, -0.1) is 0 Å². The zero-order valence-corrected chi connectivity index (χ0v) is 12.2. The Morgan fingerprint density at radius 3 is 2.71 bits per heavy atom. The number of rotatable bonds is 4. The second kappa shape index (κ2) is 5.75. The van der Waals surface area contributed by atoms with Crippen LogP contribution < -0.4 is 9.47 Å². The Bertz CT molecular complexity index is 613. The number of fused-ring (bicyclic) bond motifs is 1. The standard InChI is InChI=1S/C15H19N3O3/c1-20-13-3-4-14(21-2)15-11(13)8-18(9-12(15)19)7-10-5-6-16-17-10/h3-6,12,19H,7-9H2,1-2H3,(H,16,17). The molecule has 0 aliphatic carbocycles. The van der Waals surface area contributed by atoms with Gasteiger partial charge >= 0.3 is 0 Å². The molecule has 3 rings (SSSR count). The number of aliphatic hydroxyl groups excluding tert-OH is 1. The molecule has 0 amide bonds. The predicted molar refractivity (Wildman–Crippen MR) is 77.2 cm³/mol. The van der Waals surface area contributed by atoms with Crippen molar-refractivity contribution in [2.45, 2.75) is 19.2 Å². The minimum Gasteiger partial charge on any atom is -0.496 e. The minimum atomic E-state index is -0.596. The number of hydrogen-bond acceptors (Lipinski definition) is 5. The number of ether oxygens (including phenoxy) is 2. The fourth-order valence-corrected chi connectivity index (χ4v) is 2.88. The van der Waals surface area contributed by atoms with E-state index in [0.717, 1.165) is 22.6 Å². The summed E-state index contributed by atoms with van der Waals surface area (Å²) in [5.41, 5.74) is 2.83. The first-order valence-electron chi connectivity index (χ1n) is 6.85. The van der Waals surface area contributed by atoms with Gasteiger partial charge in [-0.25, -0.2) is 0 Å². The molecule has 0 radical (unpaired) electrons. The van der Waals surface area contributed by atoms with Crippen molar-refractivity contribution >= 4 is 0 Å². The maximum atomic E-state index is 10.5. The van der Waals surface area contributed by atoms with Crippen LogP contribution in [0.2, 0.25) is 0 Å². The van der Waals surface area contributed by atoms with E-state index in [9.17, 15) is 5.11 Å². The summed E-state index contributed by atoms with van der Waals surface area (Å²) in [6.07, 6.45) is 1.13. The minimum absolute atomic E-state index is 0.551. The molecule has 1 aliphatic heterocycles. The van der Waals surface area contributed by atoms with Crippen molar-refractivity contribution in [1.29, 1.82) is 0 Å². The van der Waals surface area contributed by atoms with Gasteiger partial charge in [0.15, 0.2) is 0 Å². The van der Waals surface area contributed by atoms with Gasteiger partial charge in [0.25, 0.3) is 0 Å². The molecule has 6 nitrogen and oxygen atoms in total. The number of aromatic nitrogens is 2. The molecule has 1 unspecified atom stereocenters. The molecule has 0 spiro atoms. The topological polar surface area (TPSA) is 70.6 Å². The summed E-state index contributed by atoms with van der Waals surface area (Å²) < 4.78 is 10.8. The monoisotopic (exact) mass is 289 g/mol. The number of aromatic amines is 1. The highest BCUT2D eigenvalue weighted by Gasteiger charge is 2.29. The van der Waals surface area contributed by atoms with Crippen molar-refractivity contribution in [2.75, 3.05) is 20.8 Å². The number of nitrogens with zero attached hydrogens (tertiary/aromatic N) is 2. The van der Waals surface area contributed by atoms with E-state index < -0.39 is 6.10 Å². The number of hydrogen-bond donors (Lipinski definition) is 2. The number of methoxy groups -OCH3 is 2. The van der Waals surface area contributed by atoms with E-state index in [2.05, 4.69) is 15.1 Å². The van der Waals surface area contributed by atoms with E-state index in [-0.39, 0.29) is 0 Å². The first-order valence-corrected chi connectivity index (χ1v) is 6.85. The Kier molecular flexibility index (Phi) is 3.81. The maximum Gasteiger partial charge on any atom is 0.125 e. The Morgan fingerprint density at radius 2 is 2.05 bits per heavy atom. The summed E-state index contributed by atoms with van der Waals surface area (Å²) in [4.78, 5) is 2.16. The number of benzene rings is 1. The smallest absolute Gasteiger partial charge is 0.125 e. The third kappa shape index (κ3) is 2.59. The molecule has 0 saturated carbocycles. The van der Waals surface area contributed by atoms with E-state index in [4.69, 9.17) is 9.47 Å². The summed E-state index contributed by atoms with van der Waals surface area (Å²) >= 11 is 0. The molecule has 6 heteroatoms. The number of aliphatic hydroxyl groups is 1. The molecule has 2 N–H and O–H groups in total. The van der Waals surface area contributed by atoms with Gasteiger partial charge in [-0.05, 0) is 18.2 Å². The van der Waals surface area contributed by atoms with Gasteiger partial charge in [0, 0.05) is 42.7 Å². The SMILES string of the molecule is COc1ccc(OC)c2c1CN(Cc1ccn[nH]1)CC2O. The van der Waals surface area contributed by atoms with Crippen molar-refractivity contribution < 1.29 is 14.6 Å². The normalized spacial score (nSPS) is 18.3. The lowest BCUT2D eigenvalue weighted by Crippen LogP contribution is -2.33. The average Bonchev–Trinajstić information content (AvgIpc) is 2.99. The van der Waals surface area contributed by atoms with Crippen LogP contribution in [0.15, 0.2) is 24.4 Å². The lowest BCUT2D eigenvalue weighted by atomic mass is 9.95. The zero-order valence-electron chi connectivity index (χ0n) is 12.2. The Labute approximate surface area is 123 Å². The van der Waals surface area contributed by atoms with Crippen LogP contribution in [-0.2, 0) is 13.1 Å². The van der Waals surface area contributed by atoms with E-state index in [1.54, 1.807) is 20.4 Å². The second-order valence-electron chi connectivity index (χ2n) is 5.13. The zero-order chi connectivity index (χ0) is 14.8. The highest BCUT2D eigenvalue weighted by molar-refractivity contribution is 5.51. The molecule has 1 aromatic heterocycles. The lowest BCUT2D eigenvalue weighted by Gasteiger charge is -2.33. The fraction of sp³-hybridized carbons (Fsp3) is 0.400. The summed E-state index contributed by atoms with van der Waals surface area (Å²) in [5, 5.41) is 17.4. The van der Waals surface area contributed by atoms with Crippen molar-refractivity contribution in [1.82, 2.24) is 15.1 Å². The second-order valence-corrected chi connectivity index (χ2v) is 5.13. The Balaban J connectivity index is 1.92. The van der Waals surface area contributed by atoms with E-state index in [0.29, 0.717) is 25.4 Å². The van der Waals surface area contributed by atoms with Crippen LogP contribution in [0.5, 0.6) is 11.5 Å². The van der Waals surface area contributed by atoms with Gasteiger partial charge in [-0.1, -0.05) is 0 Å². The van der Waals surface area contributed by atoms with Gasteiger partial charge < -0.3 is 14.6 Å². The molecular weight excluding hydrogens is 270 g/mol. The summed E-state index contributed by atoms with van der Waals surface area (Å²) in [6.45, 7) is 1.96. The highest BCUT2D eigenvalue weighted by Crippen LogP contribution is 2.39. The Morgan fingerprint density at radius 1 is 1.29 bits per heavy atom. The molecule has 0 bridgehead atoms. The summed E-state index contributed by atoms with van der Waals surface area (Å²) in [7, 11) is 3.26. The van der Waals surface area contributed by atoms with E-state index in [1.807, 2.05) is 18.2 Å². The van der Waals surface area contributed by atoms with E-state index >= 15 is 0 Å². The van der Waals surface area contributed by atoms with Crippen LogP contribution >= 0.6 is 0 Å². The lowest BCUT2D eigenvalue weighted by molar-refractivity contribution is 0.0836. The fourth-order valence-electron chi connectivity index (χ4n) is 2.88. The van der Waals surface area contributed by atoms with Crippen LogP contribution in [0.1, 0.15) is 22.9 Å².